The quantitative estimate of drug-likeness (QED) is 0.164. The topological polar surface area (TPSA) is 3.24 Å². The maximum atomic E-state index is 2.40. The smallest absolute Gasteiger partial charge is 0.0467 e. The summed E-state index contributed by atoms with van der Waals surface area (Å²) in [4.78, 5) is 2.40. The number of hydrogen-bond donors (Lipinski definition) is 0. The van der Waals surface area contributed by atoms with Crippen molar-refractivity contribution in [3.63, 3.8) is 0 Å². The first kappa shape index (κ1) is 32.0. The lowest BCUT2D eigenvalue weighted by Crippen LogP contribution is -2.10. The van der Waals surface area contributed by atoms with Crippen LogP contribution >= 0.6 is 22.7 Å². The van der Waals surface area contributed by atoms with Crippen LogP contribution in [-0.4, -0.2) is 0 Å². The molecular formula is C52H33NS2. The van der Waals surface area contributed by atoms with Crippen molar-refractivity contribution in [3.05, 3.63) is 200 Å². The van der Waals surface area contributed by atoms with E-state index in [9.17, 15) is 0 Å². The predicted molar refractivity (Wildman–Crippen MR) is 241 cm³/mol. The molecule has 2 heterocycles. The number of thiophene rings is 2. The van der Waals surface area contributed by atoms with Gasteiger partial charge < -0.3 is 4.90 Å². The van der Waals surface area contributed by atoms with Gasteiger partial charge in [-0.05, 0) is 111 Å². The standard InChI is InChI=1S/C52H33NS2/c1-2-11-36-30-38(23-22-34(36)10-1)37-12-7-14-42(31-37)53(41-27-24-35(25-28-41)39-26-29-51-48(33-39)46-17-4-5-20-49(46)54-51)43-15-8-13-40(32-43)44-18-9-19-47-45-16-3-6-21-50(45)55-52(44)47/h1-33H. The Morgan fingerprint density at radius 3 is 1.67 bits per heavy atom. The van der Waals surface area contributed by atoms with Gasteiger partial charge in [-0.1, -0.05) is 133 Å². The molecule has 0 unspecified atom stereocenters. The van der Waals surface area contributed by atoms with Crippen LogP contribution in [0.25, 0.3) is 84.5 Å². The van der Waals surface area contributed by atoms with E-state index in [0.29, 0.717) is 0 Å². The highest BCUT2D eigenvalue weighted by Gasteiger charge is 2.17. The number of rotatable bonds is 6. The fourth-order valence-electron chi connectivity index (χ4n) is 8.14. The second-order valence-corrected chi connectivity index (χ2v) is 16.3. The molecule has 258 valence electrons. The SMILES string of the molecule is c1cc(-c2ccc3ccccc3c2)cc(N(c2ccc(-c3ccc4sc5ccccc5c4c3)cc2)c2cccc(-c3cccc4c3sc3ccccc34)c2)c1. The molecule has 1 nitrogen and oxygen atoms in total. The van der Waals surface area contributed by atoms with Gasteiger partial charge in [0.15, 0.2) is 0 Å². The van der Waals surface area contributed by atoms with E-state index >= 15 is 0 Å². The lowest BCUT2D eigenvalue weighted by atomic mass is 9.99. The minimum absolute atomic E-state index is 1.11. The number of hydrogen-bond acceptors (Lipinski definition) is 3. The predicted octanol–water partition coefficient (Wildman–Crippen LogP) is 16.0. The van der Waals surface area contributed by atoms with E-state index in [1.807, 2.05) is 22.7 Å². The summed E-state index contributed by atoms with van der Waals surface area (Å²) in [6, 6.07) is 73.5. The number of fused-ring (bicyclic) bond motifs is 7. The van der Waals surface area contributed by atoms with Gasteiger partial charge in [0, 0.05) is 57.4 Å². The van der Waals surface area contributed by atoms with Gasteiger partial charge in [-0.25, -0.2) is 0 Å². The Bertz CT molecular complexity index is 3220. The van der Waals surface area contributed by atoms with Gasteiger partial charge in [0.25, 0.3) is 0 Å². The third-order valence-corrected chi connectivity index (χ3v) is 13.2. The minimum Gasteiger partial charge on any atom is -0.310 e. The fraction of sp³-hybridized carbons (Fsp3) is 0. The van der Waals surface area contributed by atoms with Crippen molar-refractivity contribution < 1.29 is 0 Å². The average molecular weight is 736 g/mol. The Kier molecular flexibility index (Phi) is 7.61. The second kappa shape index (κ2) is 13.1. The maximum Gasteiger partial charge on any atom is 0.0467 e. The van der Waals surface area contributed by atoms with Crippen molar-refractivity contribution in [2.75, 3.05) is 4.90 Å². The molecule has 0 fully saturated rings. The van der Waals surface area contributed by atoms with Gasteiger partial charge in [-0.3, -0.25) is 0 Å². The fourth-order valence-corrected chi connectivity index (χ4v) is 10.5. The number of anilines is 3. The highest BCUT2D eigenvalue weighted by Crippen LogP contribution is 2.43. The van der Waals surface area contributed by atoms with Crippen LogP contribution in [0.3, 0.4) is 0 Å². The Morgan fingerprint density at radius 2 is 0.855 bits per heavy atom. The van der Waals surface area contributed by atoms with Crippen LogP contribution in [0.4, 0.5) is 17.1 Å². The van der Waals surface area contributed by atoms with E-state index in [-0.39, 0.29) is 0 Å². The first-order valence-corrected chi connectivity index (χ1v) is 20.3. The third kappa shape index (κ3) is 5.60. The normalized spacial score (nSPS) is 11.6. The van der Waals surface area contributed by atoms with Crippen molar-refractivity contribution in [1.29, 1.82) is 0 Å². The zero-order valence-electron chi connectivity index (χ0n) is 29.8. The van der Waals surface area contributed by atoms with Crippen LogP contribution < -0.4 is 4.90 Å². The lowest BCUT2D eigenvalue weighted by Gasteiger charge is -2.27. The Labute approximate surface area is 327 Å². The molecule has 55 heavy (non-hydrogen) atoms. The molecule has 9 aromatic carbocycles. The largest absolute Gasteiger partial charge is 0.310 e. The van der Waals surface area contributed by atoms with E-state index < -0.39 is 0 Å². The lowest BCUT2D eigenvalue weighted by molar-refractivity contribution is 1.28. The van der Waals surface area contributed by atoms with Crippen molar-refractivity contribution >= 4 is 90.9 Å². The van der Waals surface area contributed by atoms with Crippen LogP contribution in [-0.2, 0) is 0 Å². The summed E-state index contributed by atoms with van der Waals surface area (Å²) in [5, 5.41) is 7.77. The highest BCUT2D eigenvalue weighted by molar-refractivity contribution is 7.26. The van der Waals surface area contributed by atoms with E-state index in [0.717, 1.165) is 17.1 Å². The van der Waals surface area contributed by atoms with Gasteiger partial charge in [0.05, 0.1) is 0 Å². The van der Waals surface area contributed by atoms with Crippen molar-refractivity contribution in [1.82, 2.24) is 0 Å². The van der Waals surface area contributed by atoms with Gasteiger partial charge in [-0.15, -0.1) is 22.7 Å². The molecule has 2 aromatic heterocycles. The molecule has 0 atom stereocenters. The zero-order chi connectivity index (χ0) is 36.3. The molecule has 0 aliphatic rings. The van der Waals surface area contributed by atoms with Crippen LogP contribution in [0.15, 0.2) is 200 Å². The molecule has 0 saturated heterocycles. The van der Waals surface area contributed by atoms with Crippen molar-refractivity contribution in [3.8, 4) is 33.4 Å². The molecule has 0 aliphatic carbocycles. The Balaban J connectivity index is 1.04. The van der Waals surface area contributed by atoms with Crippen molar-refractivity contribution in [2.45, 2.75) is 0 Å². The highest BCUT2D eigenvalue weighted by atomic mass is 32.1. The van der Waals surface area contributed by atoms with Gasteiger partial charge in [-0.2, -0.15) is 0 Å². The van der Waals surface area contributed by atoms with Crippen molar-refractivity contribution in [2.24, 2.45) is 0 Å². The third-order valence-electron chi connectivity index (χ3n) is 10.8. The Morgan fingerprint density at radius 1 is 0.291 bits per heavy atom. The minimum atomic E-state index is 1.11. The Hall–Kier alpha value is -6.52. The molecule has 0 N–H and O–H groups in total. The summed E-state index contributed by atoms with van der Waals surface area (Å²) < 4.78 is 5.30. The monoisotopic (exact) mass is 735 g/mol. The van der Waals surface area contributed by atoms with Gasteiger partial charge >= 0.3 is 0 Å². The van der Waals surface area contributed by atoms with E-state index in [1.165, 1.54) is 84.5 Å². The van der Waals surface area contributed by atoms with Crippen LogP contribution in [0.1, 0.15) is 0 Å². The summed E-state index contributed by atoms with van der Waals surface area (Å²) in [6.45, 7) is 0. The summed E-state index contributed by atoms with van der Waals surface area (Å²) in [5.74, 6) is 0. The summed E-state index contributed by atoms with van der Waals surface area (Å²) in [6.07, 6.45) is 0. The van der Waals surface area contributed by atoms with Gasteiger partial charge in [0.2, 0.25) is 0 Å². The summed E-state index contributed by atoms with van der Waals surface area (Å²) in [5.41, 5.74) is 10.6. The van der Waals surface area contributed by atoms with E-state index in [2.05, 4.69) is 205 Å². The first-order valence-electron chi connectivity index (χ1n) is 18.7. The molecule has 11 aromatic rings. The zero-order valence-corrected chi connectivity index (χ0v) is 31.4. The number of benzene rings is 9. The van der Waals surface area contributed by atoms with E-state index in [4.69, 9.17) is 0 Å². The van der Waals surface area contributed by atoms with Crippen LogP contribution in [0, 0.1) is 0 Å². The molecular weight excluding hydrogens is 703 g/mol. The summed E-state index contributed by atoms with van der Waals surface area (Å²) in [7, 11) is 0. The molecule has 11 rings (SSSR count). The molecule has 0 amide bonds. The molecule has 0 aliphatic heterocycles. The molecule has 0 spiro atoms. The summed E-state index contributed by atoms with van der Waals surface area (Å²) >= 11 is 3.74. The van der Waals surface area contributed by atoms with Crippen LogP contribution in [0.2, 0.25) is 0 Å². The van der Waals surface area contributed by atoms with Crippen LogP contribution in [0.5, 0.6) is 0 Å². The molecule has 0 bridgehead atoms. The average Bonchev–Trinajstić information content (AvgIpc) is 3.82. The molecule has 0 radical (unpaired) electrons. The van der Waals surface area contributed by atoms with Gasteiger partial charge in [0.1, 0.15) is 0 Å². The second-order valence-electron chi connectivity index (χ2n) is 14.1. The maximum absolute atomic E-state index is 2.40. The molecule has 0 saturated carbocycles. The molecule has 3 heteroatoms. The number of nitrogens with zero attached hydrogens (tertiary/aromatic N) is 1. The first-order chi connectivity index (χ1) is 27.2. The van der Waals surface area contributed by atoms with E-state index in [1.54, 1.807) is 0 Å².